The maximum Gasteiger partial charge on any atom is 0.251 e. The summed E-state index contributed by atoms with van der Waals surface area (Å²) >= 11 is 3.23. The molecule has 1 aliphatic heterocycles. The Hall–Kier alpha value is -2.03. The average Bonchev–Trinajstić information content (AvgIpc) is 3.18. The third kappa shape index (κ3) is 4.38. The lowest BCUT2D eigenvalue weighted by Crippen LogP contribution is -2.37. The Balaban J connectivity index is 1.72. The predicted molar refractivity (Wildman–Crippen MR) is 104 cm³/mol. The van der Waals surface area contributed by atoms with Crippen molar-refractivity contribution in [1.82, 2.24) is 10.8 Å². The minimum Gasteiger partial charge on any atom is -0.370 e. The molecule has 6 nitrogen and oxygen atoms in total. The predicted octanol–water partition coefficient (Wildman–Crippen LogP) is 2.87. The van der Waals surface area contributed by atoms with E-state index >= 15 is 0 Å². The zero-order valence-electron chi connectivity index (χ0n) is 14.4. The topological polar surface area (TPSA) is 81.7 Å². The van der Waals surface area contributed by atoms with Crippen LogP contribution in [-0.4, -0.2) is 35.4 Å². The van der Waals surface area contributed by atoms with Crippen LogP contribution in [0.3, 0.4) is 0 Å². The Morgan fingerprint density at radius 2 is 2.19 bits per heavy atom. The Morgan fingerprint density at radius 3 is 2.88 bits per heavy atom. The van der Waals surface area contributed by atoms with Crippen molar-refractivity contribution in [2.45, 2.75) is 30.0 Å². The lowest BCUT2D eigenvalue weighted by Gasteiger charge is -2.35. The second-order valence-electron chi connectivity index (χ2n) is 5.96. The minimum absolute atomic E-state index is 0.0631. The normalized spacial score (nSPS) is 16.1. The lowest BCUT2D eigenvalue weighted by molar-refractivity contribution is -0.129. The van der Waals surface area contributed by atoms with Gasteiger partial charge in [0, 0.05) is 40.1 Å². The largest absolute Gasteiger partial charge is 0.370 e. The molecule has 1 aromatic heterocycles. The molecule has 2 heterocycles. The first-order valence-electron chi connectivity index (χ1n) is 8.40. The molecule has 138 valence electrons. The van der Waals surface area contributed by atoms with Crippen LogP contribution < -0.4 is 15.7 Å². The molecule has 0 radical (unpaired) electrons. The number of carbonyl (C=O) groups excluding carboxylic acids is 2. The number of hydroxylamine groups is 1. The highest BCUT2D eigenvalue weighted by molar-refractivity contribution is 8.00. The fourth-order valence-electron chi connectivity index (χ4n) is 2.91. The van der Waals surface area contributed by atoms with Crippen LogP contribution >= 0.6 is 23.1 Å². The zero-order chi connectivity index (χ0) is 18.5. The smallest absolute Gasteiger partial charge is 0.251 e. The van der Waals surface area contributed by atoms with Crippen LogP contribution in [0.2, 0.25) is 0 Å². The number of carbonyl (C=O) groups is 2. The van der Waals surface area contributed by atoms with Gasteiger partial charge in [0.15, 0.2) is 0 Å². The summed E-state index contributed by atoms with van der Waals surface area (Å²) in [7, 11) is 0. The Bertz CT molecular complexity index is 780. The molecule has 0 saturated carbocycles. The van der Waals surface area contributed by atoms with Crippen molar-refractivity contribution in [2.24, 2.45) is 0 Å². The quantitative estimate of drug-likeness (QED) is 0.521. The van der Waals surface area contributed by atoms with Crippen LogP contribution in [0, 0.1) is 0 Å². The Kier molecular flexibility index (Phi) is 6.18. The van der Waals surface area contributed by atoms with Gasteiger partial charge in [-0.15, -0.1) is 23.1 Å². The van der Waals surface area contributed by atoms with Crippen LogP contribution in [0.15, 0.2) is 40.6 Å². The molecule has 1 atom stereocenters. The minimum atomic E-state index is -0.383. The van der Waals surface area contributed by atoms with E-state index in [4.69, 9.17) is 5.21 Å². The molecule has 3 N–H and O–H groups in total. The van der Waals surface area contributed by atoms with E-state index in [9.17, 15) is 9.59 Å². The zero-order valence-corrected chi connectivity index (χ0v) is 16.0. The fraction of sp³-hybridized carbons (Fsp3) is 0.333. The first-order chi connectivity index (χ1) is 12.6. The number of rotatable bonds is 6. The molecule has 0 spiro atoms. The highest BCUT2D eigenvalue weighted by atomic mass is 32.2. The van der Waals surface area contributed by atoms with Crippen molar-refractivity contribution in [3.8, 4) is 0 Å². The number of fused-ring (bicyclic) bond motifs is 1. The van der Waals surface area contributed by atoms with E-state index in [2.05, 4.69) is 10.2 Å². The van der Waals surface area contributed by atoms with Gasteiger partial charge in [0.1, 0.15) is 0 Å². The van der Waals surface area contributed by atoms with Crippen molar-refractivity contribution in [3.63, 3.8) is 0 Å². The molecule has 2 amide bonds. The first kappa shape index (κ1) is 18.8. The summed E-state index contributed by atoms with van der Waals surface area (Å²) < 4.78 is 0. The highest BCUT2D eigenvalue weighted by Crippen LogP contribution is 2.40. The van der Waals surface area contributed by atoms with Crippen molar-refractivity contribution < 1.29 is 14.8 Å². The standard InChI is InChI=1S/C18H21N3O3S2/c1-2-21-11-14(9-17(22)20-24)26-16-6-5-12(8-15(16)21)18(23)19-10-13-4-3-7-25-13/h3-8,14,24H,2,9-11H2,1H3,(H,19,23)(H,20,22). The average molecular weight is 392 g/mol. The third-order valence-corrected chi connectivity index (χ3v) is 6.33. The number of amides is 2. The van der Waals surface area contributed by atoms with Crippen molar-refractivity contribution in [2.75, 3.05) is 18.0 Å². The lowest BCUT2D eigenvalue weighted by atomic mass is 10.1. The number of hydrogen-bond acceptors (Lipinski definition) is 6. The molecule has 0 bridgehead atoms. The second-order valence-corrected chi connectivity index (χ2v) is 8.34. The second kappa shape index (κ2) is 8.57. The molecule has 1 aliphatic rings. The molecule has 0 fully saturated rings. The van der Waals surface area contributed by atoms with Gasteiger partial charge in [-0.05, 0) is 36.6 Å². The van der Waals surface area contributed by atoms with E-state index in [1.165, 1.54) is 0 Å². The van der Waals surface area contributed by atoms with Crippen LogP contribution in [0.25, 0.3) is 0 Å². The van der Waals surface area contributed by atoms with Crippen LogP contribution in [0.1, 0.15) is 28.6 Å². The molecular weight excluding hydrogens is 370 g/mol. The highest BCUT2D eigenvalue weighted by Gasteiger charge is 2.27. The molecule has 8 heteroatoms. The molecule has 26 heavy (non-hydrogen) atoms. The summed E-state index contributed by atoms with van der Waals surface area (Å²) in [6.07, 6.45) is 0.250. The van der Waals surface area contributed by atoms with Gasteiger partial charge in [0.25, 0.3) is 5.91 Å². The van der Waals surface area contributed by atoms with E-state index in [1.54, 1.807) is 28.6 Å². The first-order valence-corrected chi connectivity index (χ1v) is 10.2. The summed E-state index contributed by atoms with van der Waals surface area (Å²) in [4.78, 5) is 28.2. The maximum atomic E-state index is 12.5. The van der Waals surface area contributed by atoms with E-state index in [0.717, 1.165) is 22.0 Å². The van der Waals surface area contributed by atoms with Crippen LogP contribution in [0.5, 0.6) is 0 Å². The number of thiophene rings is 1. The summed E-state index contributed by atoms with van der Waals surface area (Å²) in [6.45, 7) is 4.05. The van der Waals surface area contributed by atoms with Gasteiger partial charge in [-0.3, -0.25) is 14.8 Å². The number of nitrogens with one attached hydrogen (secondary N) is 2. The van der Waals surface area contributed by atoms with Gasteiger partial charge in [0.05, 0.1) is 12.2 Å². The van der Waals surface area contributed by atoms with Crippen molar-refractivity contribution in [1.29, 1.82) is 0 Å². The molecule has 3 rings (SSSR count). The monoisotopic (exact) mass is 391 g/mol. The molecule has 1 aromatic carbocycles. The van der Waals surface area contributed by atoms with Gasteiger partial charge >= 0.3 is 0 Å². The number of thioether (sulfide) groups is 1. The molecular formula is C18H21N3O3S2. The summed E-state index contributed by atoms with van der Waals surface area (Å²) in [6, 6.07) is 9.63. The summed E-state index contributed by atoms with van der Waals surface area (Å²) in [5.41, 5.74) is 3.34. The SMILES string of the molecule is CCN1CC(CC(=O)NO)Sc2ccc(C(=O)NCc3cccs3)cc21. The van der Waals surface area contributed by atoms with Gasteiger partial charge in [-0.1, -0.05) is 6.07 Å². The van der Waals surface area contributed by atoms with Gasteiger partial charge in [-0.2, -0.15) is 0 Å². The maximum absolute atomic E-state index is 12.5. The molecule has 0 saturated heterocycles. The molecule has 2 aromatic rings. The van der Waals surface area contributed by atoms with Gasteiger partial charge < -0.3 is 10.2 Å². The Morgan fingerprint density at radius 1 is 1.35 bits per heavy atom. The van der Waals surface area contributed by atoms with Crippen molar-refractivity contribution >= 4 is 40.6 Å². The van der Waals surface area contributed by atoms with Crippen LogP contribution in [-0.2, 0) is 11.3 Å². The Labute approximate surface area is 160 Å². The van der Waals surface area contributed by atoms with E-state index < -0.39 is 0 Å². The number of benzene rings is 1. The van der Waals surface area contributed by atoms with E-state index in [-0.39, 0.29) is 23.5 Å². The van der Waals surface area contributed by atoms with Gasteiger partial charge in [0.2, 0.25) is 5.91 Å². The number of anilines is 1. The van der Waals surface area contributed by atoms with Gasteiger partial charge in [-0.25, -0.2) is 5.48 Å². The van der Waals surface area contributed by atoms with E-state index in [1.807, 2.05) is 42.6 Å². The molecule has 1 unspecified atom stereocenters. The fourth-order valence-corrected chi connectivity index (χ4v) is 4.86. The molecule has 0 aliphatic carbocycles. The van der Waals surface area contributed by atoms with Crippen LogP contribution in [0.4, 0.5) is 5.69 Å². The van der Waals surface area contributed by atoms with E-state index in [0.29, 0.717) is 18.7 Å². The summed E-state index contributed by atoms with van der Waals surface area (Å²) in [5.74, 6) is -0.476. The number of nitrogens with zero attached hydrogens (tertiary/aromatic N) is 1. The number of hydrogen-bond donors (Lipinski definition) is 3. The van der Waals surface area contributed by atoms with Crippen molar-refractivity contribution in [3.05, 3.63) is 46.2 Å². The summed E-state index contributed by atoms with van der Waals surface area (Å²) in [5, 5.41) is 13.7. The third-order valence-electron chi connectivity index (χ3n) is 4.20.